The molecular formula is C9H14Cl2N4O2S. The Hall–Kier alpha value is -0.600. The smallest absolute Gasteiger partial charge is 0.246 e. The molecule has 1 fully saturated rings. The van der Waals surface area contributed by atoms with Gasteiger partial charge in [0.05, 0.1) is 5.02 Å². The Morgan fingerprint density at radius 1 is 1.50 bits per heavy atom. The Kier molecular flexibility index (Phi) is 4.79. The maximum atomic E-state index is 12.2. The molecule has 0 radical (unpaired) electrons. The van der Waals surface area contributed by atoms with Crippen LogP contribution in [-0.2, 0) is 10.0 Å². The molecule has 2 rings (SSSR count). The molecule has 1 saturated heterocycles. The minimum absolute atomic E-state index is 0. The summed E-state index contributed by atoms with van der Waals surface area (Å²) in [5.74, 6) is -0.0464. The van der Waals surface area contributed by atoms with Crippen LogP contribution in [0.3, 0.4) is 0 Å². The monoisotopic (exact) mass is 312 g/mol. The molecular weight excluding hydrogens is 299 g/mol. The summed E-state index contributed by atoms with van der Waals surface area (Å²) < 4.78 is 25.8. The molecule has 1 aromatic heterocycles. The molecule has 6 nitrogen and oxygen atoms in total. The first-order valence-corrected chi connectivity index (χ1v) is 6.90. The Balaban J connectivity index is 0.00000162. The van der Waals surface area contributed by atoms with Gasteiger partial charge in [-0.05, 0) is 12.5 Å². The predicted octanol–water partition coefficient (Wildman–Crippen LogP) is 0.461. The van der Waals surface area contributed by atoms with Crippen molar-refractivity contribution in [1.29, 1.82) is 0 Å². The van der Waals surface area contributed by atoms with E-state index >= 15 is 0 Å². The zero-order valence-electron chi connectivity index (χ0n) is 9.41. The van der Waals surface area contributed by atoms with E-state index < -0.39 is 10.0 Å². The maximum absolute atomic E-state index is 12.2. The van der Waals surface area contributed by atoms with Crippen LogP contribution in [0.4, 0.5) is 5.82 Å². The number of nitrogens with two attached hydrogens (primary N) is 2. The summed E-state index contributed by atoms with van der Waals surface area (Å²) in [5.41, 5.74) is 11.3. The molecule has 1 unspecified atom stereocenters. The Bertz CT molecular complexity index is 537. The first-order valence-electron chi connectivity index (χ1n) is 5.08. The number of nitrogen functional groups attached to an aromatic ring is 1. The molecule has 102 valence electrons. The molecule has 0 bridgehead atoms. The molecule has 4 N–H and O–H groups in total. The molecule has 0 amide bonds. The van der Waals surface area contributed by atoms with E-state index in [0.29, 0.717) is 19.5 Å². The van der Waals surface area contributed by atoms with Crippen molar-refractivity contribution in [3.8, 4) is 0 Å². The zero-order chi connectivity index (χ0) is 12.6. The fourth-order valence-electron chi connectivity index (χ4n) is 1.75. The van der Waals surface area contributed by atoms with Crippen LogP contribution in [-0.4, -0.2) is 36.8 Å². The average Bonchev–Trinajstić information content (AvgIpc) is 2.69. The summed E-state index contributed by atoms with van der Waals surface area (Å²) in [4.78, 5) is 3.69. The summed E-state index contributed by atoms with van der Waals surface area (Å²) in [6.07, 6.45) is 1.96. The van der Waals surface area contributed by atoms with E-state index in [0.717, 1.165) is 0 Å². The Morgan fingerprint density at radius 3 is 2.72 bits per heavy atom. The lowest BCUT2D eigenvalue weighted by atomic mass is 10.3. The summed E-state index contributed by atoms with van der Waals surface area (Å²) >= 11 is 5.73. The van der Waals surface area contributed by atoms with Crippen LogP contribution in [0.2, 0.25) is 5.02 Å². The van der Waals surface area contributed by atoms with Gasteiger partial charge in [0.2, 0.25) is 10.0 Å². The van der Waals surface area contributed by atoms with Gasteiger partial charge in [0.15, 0.2) is 0 Å². The number of aromatic nitrogens is 1. The number of anilines is 1. The van der Waals surface area contributed by atoms with E-state index in [1.165, 1.54) is 16.6 Å². The maximum Gasteiger partial charge on any atom is 0.246 e. The van der Waals surface area contributed by atoms with Crippen molar-refractivity contribution >= 4 is 39.8 Å². The molecule has 1 aromatic rings. The van der Waals surface area contributed by atoms with Crippen LogP contribution < -0.4 is 11.5 Å². The number of pyridine rings is 1. The van der Waals surface area contributed by atoms with Crippen molar-refractivity contribution in [2.75, 3.05) is 18.8 Å². The Labute approximate surface area is 117 Å². The summed E-state index contributed by atoms with van der Waals surface area (Å²) in [6.45, 7) is 0.698. The molecule has 1 aliphatic heterocycles. The fourth-order valence-corrected chi connectivity index (χ4v) is 3.58. The second kappa shape index (κ2) is 5.58. The van der Waals surface area contributed by atoms with Crippen molar-refractivity contribution in [3.63, 3.8) is 0 Å². The number of sulfonamides is 1. The van der Waals surface area contributed by atoms with Crippen LogP contribution >= 0.6 is 24.0 Å². The predicted molar refractivity (Wildman–Crippen MR) is 72.3 cm³/mol. The second-order valence-electron chi connectivity index (χ2n) is 3.95. The molecule has 0 spiro atoms. The second-order valence-corrected chi connectivity index (χ2v) is 6.29. The highest BCUT2D eigenvalue weighted by Gasteiger charge is 2.32. The molecule has 9 heteroatoms. The van der Waals surface area contributed by atoms with Crippen molar-refractivity contribution in [3.05, 3.63) is 17.3 Å². The fraction of sp³-hybridized carbons (Fsp3) is 0.444. The van der Waals surface area contributed by atoms with Crippen molar-refractivity contribution in [2.45, 2.75) is 17.4 Å². The highest BCUT2D eigenvalue weighted by Crippen LogP contribution is 2.25. The van der Waals surface area contributed by atoms with Gasteiger partial charge in [-0.3, -0.25) is 0 Å². The number of nitrogens with zero attached hydrogens (tertiary/aromatic N) is 2. The average molecular weight is 313 g/mol. The highest BCUT2D eigenvalue weighted by atomic mass is 35.5. The lowest BCUT2D eigenvalue weighted by molar-refractivity contribution is 0.472. The Morgan fingerprint density at radius 2 is 2.17 bits per heavy atom. The third kappa shape index (κ3) is 2.86. The van der Waals surface area contributed by atoms with E-state index in [1.54, 1.807) is 0 Å². The van der Waals surface area contributed by atoms with Gasteiger partial charge in [-0.1, -0.05) is 11.6 Å². The lowest BCUT2D eigenvalue weighted by Crippen LogP contribution is -2.32. The van der Waals surface area contributed by atoms with Crippen LogP contribution in [0.25, 0.3) is 0 Å². The number of hydrogen-bond donors (Lipinski definition) is 2. The molecule has 2 heterocycles. The first kappa shape index (κ1) is 15.5. The van der Waals surface area contributed by atoms with Crippen LogP contribution in [0.1, 0.15) is 6.42 Å². The first-order chi connectivity index (χ1) is 7.91. The van der Waals surface area contributed by atoms with E-state index in [2.05, 4.69) is 4.98 Å². The van der Waals surface area contributed by atoms with Gasteiger partial charge in [-0.15, -0.1) is 12.4 Å². The quantitative estimate of drug-likeness (QED) is 0.826. The lowest BCUT2D eigenvalue weighted by Gasteiger charge is -2.16. The molecule has 1 atom stereocenters. The van der Waals surface area contributed by atoms with Gasteiger partial charge in [0.25, 0.3) is 0 Å². The topological polar surface area (TPSA) is 102 Å². The zero-order valence-corrected chi connectivity index (χ0v) is 11.8. The third-order valence-corrected chi connectivity index (χ3v) is 4.75. The van der Waals surface area contributed by atoms with Crippen molar-refractivity contribution < 1.29 is 8.42 Å². The third-order valence-electron chi connectivity index (χ3n) is 2.65. The van der Waals surface area contributed by atoms with E-state index in [4.69, 9.17) is 23.1 Å². The van der Waals surface area contributed by atoms with Crippen molar-refractivity contribution in [2.24, 2.45) is 5.73 Å². The normalized spacial score (nSPS) is 20.7. The number of rotatable bonds is 2. The standard InChI is InChI=1S/C9H13ClN4O2S.ClH/c10-6-3-8(9(12)13-4-6)17(15,16)14-2-1-7(11)5-14;/h3-4,7H,1-2,5,11H2,(H2,12,13);1H. The van der Waals surface area contributed by atoms with E-state index in [1.807, 2.05) is 0 Å². The van der Waals surface area contributed by atoms with Gasteiger partial charge in [-0.25, -0.2) is 13.4 Å². The largest absolute Gasteiger partial charge is 0.383 e. The van der Waals surface area contributed by atoms with Gasteiger partial charge < -0.3 is 11.5 Å². The molecule has 1 aliphatic rings. The van der Waals surface area contributed by atoms with Crippen molar-refractivity contribution in [1.82, 2.24) is 9.29 Å². The van der Waals surface area contributed by atoms with Gasteiger partial charge in [0, 0.05) is 25.3 Å². The summed E-state index contributed by atoms with van der Waals surface area (Å²) in [6, 6.07) is 1.18. The minimum atomic E-state index is -3.64. The van der Waals surface area contributed by atoms with Gasteiger partial charge >= 0.3 is 0 Å². The van der Waals surface area contributed by atoms with Crippen LogP contribution in [0.5, 0.6) is 0 Å². The molecule has 0 aromatic carbocycles. The van der Waals surface area contributed by atoms with Crippen LogP contribution in [0, 0.1) is 0 Å². The summed E-state index contributed by atoms with van der Waals surface area (Å²) in [7, 11) is -3.64. The molecule has 0 saturated carbocycles. The highest BCUT2D eigenvalue weighted by molar-refractivity contribution is 7.89. The SMILES string of the molecule is Cl.Nc1ncc(Cl)cc1S(=O)(=O)N1CCC(N)C1. The minimum Gasteiger partial charge on any atom is -0.383 e. The number of halogens is 2. The van der Waals surface area contributed by atoms with E-state index in [9.17, 15) is 8.42 Å². The van der Waals surface area contributed by atoms with Gasteiger partial charge in [-0.2, -0.15) is 4.31 Å². The van der Waals surface area contributed by atoms with Gasteiger partial charge in [0.1, 0.15) is 10.7 Å². The van der Waals surface area contributed by atoms with E-state index in [-0.39, 0.29) is 34.2 Å². The van der Waals surface area contributed by atoms with Crippen LogP contribution in [0.15, 0.2) is 17.2 Å². The molecule has 0 aliphatic carbocycles. The number of hydrogen-bond acceptors (Lipinski definition) is 5. The molecule has 18 heavy (non-hydrogen) atoms. The summed E-state index contributed by atoms with van der Waals surface area (Å²) in [5, 5.41) is 0.237.